The molecule has 0 unspecified atom stereocenters. The van der Waals surface area contributed by atoms with Crippen molar-refractivity contribution in [1.29, 1.82) is 0 Å². The van der Waals surface area contributed by atoms with E-state index in [4.69, 9.17) is 18.9 Å². The van der Waals surface area contributed by atoms with Crippen LogP contribution in [0.15, 0.2) is 78.9 Å². The highest BCUT2D eigenvalue weighted by molar-refractivity contribution is 5.86. The van der Waals surface area contributed by atoms with Crippen molar-refractivity contribution < 1.29 is 42.9 Å². The van der Waals surface area contributed by atoms with E-state index in [1.807, 2.05) is 42.5 Å². The first-order chi connectivity index (χ1) is 24.4. The van der Waals surface area contributed by atoms with Gasteiger partial charge in [-0.2, -0.15) is 0 Å². The van der Waals surface area contributed by atoms with E-state index in [0.717, 1.165) is 27.8 Å². The van der Waals surface area contributed by atoms with Gasteiger partial charge in [0.25, 0.3) is 0 Å². The van der Waals surface area contributed by atoms with Gasteiger partial charge in [0, 0.05) is 18.9 Å². The molecule has 272 valence electrons. The molecule has 3 N–H and O–H groups in total. The van der Waals surface area contributed by atoms with Gasteiger partial charge in [0.15, 0.2) is 0 Å². The fourth-order valence-electron chi connectivity index (χ4n) is 5.77. The van der Waals surface area contributed by atoms with Gasteiger partial charge in [0.05, 0.1) is 7.11 Å². The smallest absolute Gasteiger partial charge is 0.408 e. The molecule has 0 saturated heterocycles. The molecule has 3 amide bonds. The van der Waals surface area contributed by atoms with E-state index in [1.165, 1.54) is 7.11 Å². The molecular formula is C39H47N3O9. The summed E-state index contributed by atoms with van der Waals surface area (Å²) in [6, 6.07) is 23.1. The van der Waals surface area contributed by atoms with E-state index in [1.54, 1.807) is 32.9 Å². The Balaban J connectivity index is 1.21. The molecule has 0 saturated carbocycles. The Morgan fingerprint density at radius 3 is 1.94 bits per heavy atom. The van der Waals surface area contributed by atoms with Crippen LogP contribution in [0.4, 0.5) is 9.59 Å². The van der Waals surface area contributed by atoms with E-state index in [2.05, 4.69) is 40.2 Å². The van der Waals surface area contributed by atoms with Crippen LogP contribution in [0.2, 0.25) is 0 Å². The number of amides is 3. The van der Waals surface area contributed by atoms with Crippen molar-refractivity contribution >= 4 is 30.0 Å². The maximum atomic E-state index is 12.9. The molecular weight excluding hydrogens is 654 g/mol. The van der Waals surface area contributed by atoms with E-state index >= 15 is 0 Å². The Kier molecular flexibility index (Phi) is 14.0. The lowest BCUT2D eigenvalue weighted by Gasteiger charge is -2.23. The summed E-state index contributed by atoms with van der Waals surface area (Å²) in [5.41, 5.74) is 4.49. The van der Waals surface area contributed by atoms with Crippen molar-refractivity contribution in [2.45, 2.75) is 83.1 Å². The van der Waals surface area contributed by atoms with Gasteiger partial charge >= 0.3 is 24.1 Å². The number of hydrogen-bond donors (Lipinski definition) is 3. The molecule has 0 fully saturated rings. The normalized spacial score (nSPS) is 13.1. The van der Waals surface area contributed by atoms with Gasteiger partial charge in [0.2, 0.25) is 5.91 Å². The molecule has 3 aromatic carbocycles. The lowest BCUT2D eigenvalue weighted by atomic mass is 9.98. The molecule has 1 aliphatic carbocycles. The second-order valence-corrected chi connectivity index (χ2v) is 13.2. The molecule has 2 atom stereocenters. The van der Waals surface area contributed by atoms with Crippen molar-refractivity contribution in [3.63, 3.8) is 0 Å². The fourth-order valence-corrected chi connectivity index (χ4v) is 5.77. The first-order valence-corrected chi connectivity index (χ1v) is 17.1. The Morgan fingerprint density at radius 1 is 0.706 bits per heavy atom. The van der Waals surface area contributed by atoms with Crippen LogP contribution in [0, 0.1) is 0 Å². The molecule has 3 aromatic rings. The third-order valence-corrected chi connectivity index (χ3v) is 8.21. The molecule has 0 heterocycles. The second-order valence-electron chi connectivity index (χ2n) is 13.2. The molecule has 0 bridgehead atoms. The average Bonchev–Trinajstić information content (AvgIpc) is 3.43. The van der Waals surface area contributed by atoms with Crippen LogP contribution in [0.1, 0.15) is 75.5 Å². The van der Waals surface area contributed by atoms with Gasteiger partial charge in [-0.05, 0) is 74.3 Å². The highest BCUT2D eigenvalue weighted by Crippen LogP contribution is 2.44. The average molecular weight is 702 g/mol. The minimum Gasteiger partial charge on any atom is -0.467 e. The molecule has 0 aliphatic heterocycles. The van der Waals surface area contributed by atoms with E-state index in [0.29, 0.717) is 19.4 Å². The minimum absolute atomic E-state index is 0.0149. The fraction of sp³-hybridized carbons (Fsp3) is 0.410. The zero-order valence-corrected chi connectivity index (χ0v) is 29.6. The van der Waals surface area contributed by atoms with Crippen molar-refractivity contribution in [3.8, 4) is 11.1 Å². The van der Waals surface area contributed by atoms with Crippen LogP contribution in [0.5, 0.6) is 0 Å². The van der Waals surface area contributed by atoms with E-state index < -0.39 is 47.7 Å². The summed E-state index contributed by atoms with van der Waals surface area (Å²) in [6.45, 7) is 5.56. The Labute approximate surface area is 298 Å². The number of benzene rings is 3. The summed E-state index contributed by atoms with van der Waals surface area (Å²) in [4.78, 5) is 63.3. The lowest BCUT2D eigenvalue weighted by molar-refractivity contribution is -0.148. The maximum absolute atomic E-state index is 12.9. The highest BCUT2D eigenvalue weighted by Gasteiger charge is 2.30. The summed E-state index contributed by atoms with van der Waals surface area (Å²) in [5, 5.41) is 7.90. The third kappa shape index (κ3) is 11.9. The summed E-state index contributed by atoms with van der Waals surface area (Å²) >= 11 is 0. The number of carbonyl (C=O) groups is 5. The van der Waals surface area contributed by atoms with Crippen molar-refractivity contribution in [2.75, 3.05) is 20.3 Å². The number of methoxy groups -OCH3 is 1. The maximum Gasteiger partial charge on any atom is 0.408 e. The predicted octanol–water partition coefficient (Wildman–Crippen LogP) is 5.77. The molecule has 0 aromatic heterocycles. The van der Waals surface area contributed by atoms with Crippen LogP contribution < -0.4 is 16.0 Å². The van der Waals surface area contributed by atoms with Gasteiger partial charge in [0.1, 0.15) is 30.9 Å². The number of carbonyl (C=O) groups excluding carboxylic acids is 5. The molecule has 51 heavy (non-hydrogen) atoms. The van der Waals surface area contributed by atoms with Crippen LogP contribution in [0.25, 0.3) is 11.1 Å². The number of fused-ring (bicyclic) bond motifs is 3. The van der Waals surface area contributed by atoms with Gasteiger partial charge in [-0.15, -0.1) is 0 Å². The quantitative estimate of drug-likeness (QED) is 0.0958. The highest BCUT2D eigenvalue weighted by atomic mass is 16.6. The van der Waals surface area contributed by atoms with Crippen molar-refractivity contribution in [2.24, 2.45) is 0 Å². The Morgan fingerprint density at radius 2 is 1.31 bits per heavy atom. The summed E-state index contributed by atoms with van der Waals surface area (Å²) in [6.07, 6.45) is -0.408. The van der Waals surface area contributed by atoms with E-state index in [-0.39, 0.29) is 38.4 Å². The summed E-state index contributed by atoms with van der Waals surface area (Å²) < 4.78 is 21.1. The van der Waals surface area contributed by atoms with Crippen LogP contribution in [0.3, 0.4) is 0 Å². The summed E-state index contributed by atoms with van der Waals surface area (Å²) in [7, 11) is 1.23. The van der Waals surface area contributed by atoms with Crippen LogP contribution in [-0.2, 0) is 39.9 Å². The number of unbranched alkanes of at least 4 members (excludes halogenated alkanes) is 1. The largest absolute Gasteiger partial charge is 0.467 e. The molecule has 0 spiro atoms. The van der Waals surface area contributed by atoms with Gasteiger partial charge in [-0.1, -0.05) is 78.9 Å². The lowest BCUT2D eigenvalue weighted by Crippen LogP contribution is -2.46. The molecule has 4 rings (SSSR count). The van der Waals surface area contributed by atoms with Crippen molar-refractivity contribution in [3.05, 3.63) is 95.6 Å². The van der Waals surface area contributed by atoms with Crippen LogP contribution in [-0.4, -0.2) is 68.0 Å². The zero-order chi connectivity index (χ0) is 36.8. The SMILES string of the molecule is COC(=O)[C@H](CCCCNC(=O)OCC1c2ccccc2-c2ccccc21)NC(=O)CC[C@H](NC(=O)OC(C)(C)C)C(=O)OCc1ccccc1. The number of alkyl carbamates (subject to hydrolysis) is 2. The second kappa shape index (κ2) is 18.6. The van der Waals surface area contributed by atoms with Crippen molar-refractivity contribution in [1.82, 2.24) is 16.0 Å². The topological polar surface area (TPSA) is 158 Å². The molecule has 1 aliphatic rings. The molecule has 12 nitrogen and oxygen atoms in total. The van der Waals surface area contributed by atoms with Gasteiger partial charge in [-0.25, -0.2) is 19.2 Å². The number of rotatable bonds is 16. The number of hydrogen-bond acceptors (Lipinski definition) is 9. The Hall–Kier alpha value is -5.39. The van der Waals surface area contributed by atoms with Gasteiger partial charge < -0.3 is 34.9 Å². The molecule has 12 heteroatoms. The number of nitrogens with one attached hydrogen (secondary N) is 3. The third-order valence-electron chi connectivity index (χ3n) is 8.21. The molecule has 0 radical (unpaired) electrons. The van der Waals surface area contributed by atoms with Gasteiger partial charge in [-0.3, -0.25) is 4.79 Å². The number of esters is 2. The zero-order valence-electron chi connectivity index (χ0n) is 29.6. The van der Waals surface area contributed by atoms with E-state index in [9.17, 15) is 24.0 Å². The standard InChI is InChI=1S/C39H47N3O9/c1-39(2,3)51-38(47)42-33(36(45)49-24-26-14-6-5-7-15-26)21-22-34(43)41-32(35(44)48-4)20-12-13-23-40-37(46)50-25-31-29-18-10-8-16-27(29)28-17-9-11-19-30(28)31/h5-11,14-19,31-33H,12-13,20-25H2,1-4H3,(H,40,46)(H,41,43)(H,42,47)/t32-,33-/m0/s1. The monoisotopic (exact) mass is 701 g/mol. The first kappa shape index (κ1) is 38.4. The summed E-state index contributed by atoms with van der Waals surface area (Å²) in [5.74, 6) is -1.92. The predicted molar refractivity (Wildman–Crippen MR) is 189 cm³/mol. The Bertz CT molecular complexity index is 1610. The minimum atomic E-state index is -1.17. The first-order valence-electron chi connectivity index (χ1n) is 17.1. The number of ether oxygens (including phenoxy) is 4. The van der Waals surface area contributed by atoms with Crippen LogP contribution >= 0.6 is 0 Å².